The maximum absolute atomic E-state index is 9.13. The number of fused-ring (bicyclic) bond motifs is 2. The normalized spacial score (nSPS) is 12.0. The van der Waals surface area contributed by atoms with E-state index in [0.717, 1.165) is 45.4 Å². The second-order valence-electron chi connectivity index (χ2n) is 8.08. The van der Waals surface area contributed by atoms with Gasteiger partial charge in [0, 0.05) is 11.9 Å². The van der Waals surface area contributed by atoms with Gasteiger partial charge in [-0.3, -0.25) is 4.90 Å². The number of nitriles is 1. The van der Waals surface area contributed by atoms with E-state index in [1.807, 2.05) is 42.6 Å². The van der Waals surface area contributed by atoms with E-state index in [4.69, 9.17) is 10.2 Å². The van der Waals surface area contributed by atoms with Gasteiger partial charge < -0.3 is 4.90 Å². The Labute approximate surface area is 198 Å². The van der Waals surface area contributed by atoms with Crippen molar-refractivity contribution in [2.75, 3.05) is 9.80 Å². The number of hydrogen-bond donors (Lipinski definition) is 0. The van der Waals surface area contributed by atoms with Crippen molar-refractivity contribution in [3.63, 3.8) is 0 Å². The lowest BCUT2D eigenvalue weighted by Crippen LogP contribution is -2.24. The molecule has 5 aromatic rings. The second kappa shape index (κ2) is 8.23. The van der Waals surface area contributed by atoms with Crippen LogP contribution in [0.2, 0.25) is 0 Å². The first-order valence-corrected chi connectivity index (χ1v) is 11.1. The summed E-state index contributed by atoms with van der Waals surface area (Å²) in [5, 5.41) is 9.13. The topological polar surface area (TPSA) is 43.2 Å². The van der Waals surface area contributed by atoms with Crippen molar-refractivity contribution < 1.29 is 0 Å². The highest BCUT2D eigenvalue weighted by Crippen LogP contribution is 2.53. The van der Waals surface area contributed by atoms with E-state index in [1.165, 1.54) is 0 Å². The standard InChI is InChI=1S/C30H20N4/c31-21-22-14-16-23(17-15-22)24-18-19-32-30(20-24)34-28-12-6-4-10-26(28)33(25-8-2-1-3-9-25)27-11-5-7-13-29(27)34/h1-20H. The van der Waals surface area contributed by atoms with Gasteiger partial charge in [0.2, 0.25) is 0 Å². The summed E-state index contributed by atoms with van der Waals surface area (Å²) in [5.41, 5.74) is 8.18. The molecule has 4 nitrogen and oxygen atoms in total. The molecular formula is C30H20N4. The average molecular weight is 437 g/mol. The second-order valence-corrected chi connectivity index (χ2v) is 8.08. The molecule has 34 heavy (non-hydrogen) atoms. The average Bonchev–Trinajstić information content (AvgIpc) is 2.92. The summed E-state index contributed by atoms with van der Waals surface area (Å²) in [4.78, 5) is 9.29. The van der Waals surface area contributed by atoms with Gasteiger partial charge in [0.1, 0.15) is 5.82 Å². The predicted molar refractivity (Wildman–Crippen MR) is 137 cm³/mol. The van der Waals surface area contributed by atoms with Crippen LogP contribution in [-0.2, 0) is 0 Å². The largest absolute Gasteiger partial charge is 0.306 e. The van der Waals surface area contributed by atoms with Crippen molar-refractivity contribution in [3.8, 4) is 17.2 Å². The Kier molecular flexibility index (Phi) is 4.79. The highest BCUT2D eigenvalue weighted by atomic mass is 15.3. The van der Waals surface area contributed by atoms with Crippen LogP contribution in [0.15, 0.2) is 121 Å². The Morgan fingerprint density at radius 1 is 0.559 bits per heavy atom. The van der Waals surface area contributed by atoms with Crippen LogP contribution in [0.25, 0.3) is 11.1 Å². The summed E-state index contributed by atoms with van der Waals surface area (Å²) in [5.74, 6) is 0.842. The van der Waals surface area contributed by atoms with Crippen LogP contribution < -0.4 is 9.80 Å². The third-order valence-electron chi connectivity index (χ3n) is 6.06. The van der Waals surface area contributed by atoms with E-state index in [9.17, 15) is 0 Å². The van der Waals surface area contributed by atoms with E-state index < -0.39 is 0 Å². The van der Waals surface area contributed by atoms with Gasteiger partial charge >= 0.3 is 0 Å². The summed E-state index contributed by atoms with van der Waals surface area (Å²) >= 11 is 0. The van der Waals surface area contributed by atoms with Crippen molar-refractivity contribution in [3.05, 3.63) is 127 Å². The zero-order chi connectivity index (χ0) is 22.9. The molecule has 4 aromatic carbocycles. The molecule has 1 aliphatic rings. The number of aromatic nitrogens is 1. The summed E-state index contributed by atoms with van der Waals surface area (Å²) in [6.07, 6.45) is 1.84. The number of hydrogen-bond acceptors (Lipinski definition) is 4. The Bertz CT molecular complexity index is 1470. The summed E-state index contributed by atoms with van der Waals surface area (Å²) in [7, 11) is 0. The van der Waals surface area contributed by atoms with E-state index in [1.54, 1.807) is 0 Å². The lowest BCUT2D eigenvalue weighted by molar-refractivity contribution is 1.13. The van der Waals surface area contributed by atoms with Gasteiger partial charge in [-0.15, -0.1) is 0 Å². The molecule has 0 amide bonds. The van der Waals surface area contributed by atoms with Crippen LogP contribution in [0.4, 0.5) is 34.3 Å². The molecule has 0 aliphatic carbocycles. The van der Waals surface area contributed by atoms with Crippen LogP contribution in [0, 0.1) is 11.3 Å². The fourth-order valence-electron chi connectivity index (χ4n) is 4.50. The molecule has 0 fully saturated rings. The molecule has 0 saturated carbocycles. The minimum absolute atomic E-state index is 0.651. The molecule has 6 rings (SSSR count). The molecule has 0 radical (unpaired) electrons. The fraction of sp³-hybridized carbons (Fsp3) is 0. The molecule has 1 aliphatic heterocycles. The molecule has 1 aromatic heterocycles. The first-order valence-electron chi connectivity index (χ1n) is 11.1. The van der Waals surface area contributed by atoms with E-state index >= 15 is 0 Å². The molecule has 0 bridgehead atoms. The summed E-state index contributed by atoms with van der Waals surface area (Å²) in [6, 6.07) is 41.2. The van der Waals surface area contributed by atoms with Crippen LogP contribution in [-0.4, -0.2) is 4.98 Å². The molecular weight excluding hydrogens is 416 g/mol. The van der Waals surface area contributed by atoms with Gasteiger partial charge in [-0.05, 0) is 71.8 Å². The van der Waals surface area contributed by atoms with E-state index in [2.05, 4.69) is 94.7 Å². The van der Waals surface area contributed by atoms with Crippen LogP contribution in [0.3, 0.4) is 0 Å². The first kappa shape index (κ1) is 19.8. The first-order chi connectivity index (χ1) is 16.8. The molecule has 4 heteroatoms. The fourth-order valence-corrected chi connectivity index (χ4v) is 4.50. The van der Waals surface area contributed by atoms with Gasteiger partial charge in [-0.25, -0.2) is 4.98 Å². The molecule has 2 heterocycles. The minimum atomic E-state index is 0.651. The Morgan fingerprint density at radius 3 is 1.71 bits per heavy atom. The van der Waals surface area contributed by atoms with Crippen LogP contribution in [0.5, 0.6) is 0 Å². The number of para-hydroxylation sites is 5. The third kappa shape index (κ3) is 3.28. The summed E-state index contributed by atoms with van der Waals surface area (Å²) < 4.78 is 0. The van der Waals surface area contributed by atoms with Crippen LogP contribution >= 0.6 is 0 Å². The van der Waals surface area contributed by atoms with Crippen molar-refractivity contribution in [2.45, 2.75) is 0 Å². The number of rotatable bonds is 3. The molecule has 0 unspecified atom stereocenters. The predicted octanol–water partition coefficient (Wildman–Crippen LogP) is 7.87. The highest BCUT2D eigenvalue weighted by molar-refractivity contribution is 6.01. The summed E-state index contributed by atoms with van der Waals surface area (Å²) in [6.45, 7) is 0. The Balaban J connectivity index is 1.53. The van der Waals surface area contributed by atoms with Gasteiger partial charge in [0.25, 0.3) is 0 Å². The van der Waals surface area contributed by atoms with Crippen molar-refractivity contribution in [1.82, 2.24) is 4.98 Å². The maximum atomic E-state index is 9.13. The van der Waals surface area contributed by atoms with Crippen molar-refractivity contribution >= 4 is 34.3 Å². The van der Waals surface area contributed by atoms with Gasteiger partial charge in [-0.2, -0.15) is 5.26 Å². The van der Waals surface area contributed by atoms with Gasteiger partial charge in [0.05, 0.1) is 34.4 Å². The zero-order valence-electron chi connectivity index (χ0n) is 18.3. The molecule has 0 spiro atoms. The number of pyridine rings is 1. The van der Waals surface area contributed by atoms with Gasteiger partial charge in [0.15, 0.2) is 0 Å². The zero-order valence-corrected chi connectivity index (χ0v) is 18.3. The van der Waals surface area contributed by atoms with Gasteiger partial charge in [-0.1, -0.05) is 54.6 Å². The lowest BCUT2D eigenvalue weighted by Gasteiger charge is -2.39. The molecule has 0 atom stereocenters. The van der Waals surface area contributed by atoms with E-state index in [0.29, 0.717) is 5.56 Å². The molecule has 0 saturated heterocycles. The number of benzene rings is 4. The van der Waals surface area contributed by atoms with Crippen LogP contribution in [0.1, 0.15) is 5.56 Å². The number of nitrogens with zero attached hydrogens (tertiary/aromatic N) is 4. The minimum Gasteiger partial charge on any atom is -0.306 e. The molecule has 160 valence electrons. The monoisotopic (exact) mass is 436 g/mol. The Hall–Kier alpha value is -4.88. The smallest absolute Gasteiger partial charge is 0.138 e. The Morgan fingerprint density at radius 2 is 1.12 bits per heavy atom. The highest BCUT2D eigenvalue weighted by Gasteiger charge is 2.30. The van der Waals surface area contributed by atoms with E-state index in [-0.39, 0.29) is 0 Å². The third-order valence-corrected chi connectivity index (χ3v) is 6.06. The maximum Gasteiger partial charge on any atom is 0.138 e. The molecule has 0 N–H and O–H groups in total. The van der Waals surface area contributed by atoms with Crippen molar-refractivity contribution in [2.24, 2.45) is 0 Å². The number of anilines is 6. The SMILES string of the molecule is N#Cc1ccc(-c2ccnc(N3c4ccccc4N(c4ccccc4)c4ccccc43)c2)cc1. The lowest BCUT2D eigenvalue weighted by atomic mass is 10.0. The quantitative estimate of drug-likeness (QED) is 0.283. The van der Waals surface area contributed by atoms with Crippen molar-refractivity contribution in [1.29, 1.82) is 5.26 Å².